The molecule has 188 valence electrons. The SMILES string of the molecule is COC(C)c1nc(-c2ccc(Oc3cccc(C(F)(F)F)c3)cc2)n(-c2cccc(S(C)(=O)=O)c2)n1. The van der Waals surface area contributed by atoms with Crippen molar-refractivity contribution in [3.8, 4) is 28.6 Å². The fraction of sp³-hybridized carbons (Fsp3) is 0.200. The zero-order valence-corrected chi connectivity index (χ0v) is 20.3. The largest absolute Gasteiger partial charge is 0.457 e. The van der Waals surface area contributed by atoms with Crippen molar-refractivity contribution in [1.82, 2.24) is 14.8 Å². The highest BCUT2D eigenvalue weighted by atomic mass is 32.2. The van der Waals surface area contributed by atoms with Crippen molar-refractivity contribution in [2.45, 2.75) is 24.1 Å². The number of sulfone groups is 1. The molecule has 4 rings (SSSR count). The summed E-state index contributed by atoms with van der Waals surface area (Å²) in [5.74, 6) is 1.19. The van der Waals surface area contributed by atoms with Gasteiger partial charge in [0.15, 0.2) is 21.5 Å². The van der Waals surface area contributed by atoms with Crippen LogP contribution in [0.1, 0.15) is 24.4 Å². The Morgan fingerprint density at radius 3 is 2.28 bits per heavy atom. The molecular weight excluding hydrogens is 495 g/mol. The van der Waals surface area contributed by atoms with Crippen molar-refractivity contribution in [2.24, 2.45) is 0 Å². The maximum atomic E-state index is 13.0. The van der Waals surface area contributed by atoms with E-state index in [2.05, 4.69) is 10.1 Å². The molecule has 0 saturated carbocycles. The Morgan fingerprint density at radius 1 is 0.944 bits per heavy atom. The smallest absolute Gasteiger partial charge is 0.416 e. The van der Waals surface area contributed by atoms with Crippen molar-refractivity contribution in [1.29, 1.82) is 0 Å². The van der Waals surface area contributed by atoms with Gasteiger partial charge in [-0.3, -0.25) is 0 Å². The van der Waals surface area contributed by atoms with Gasteiger partial charge in [0.05, 0.1) is 16.1 Å². The standard InChI is InChI=1S/C25H22F3N3O4S/c1-16(34-2)23-29-24(31(30-23)19-7-5-9-22(15-19)36(3,32)33)17-10-12-20(13-11-17)35-21-8-4-6-18(14-21)25(26,27)28/h4-16H,1-3H3. The predicted octanol–water partition coefficient (Wildman–Crippen LogP) is 5.86. The van der Waals surface area contributed by atoms with Gasteiger partial charge in [0.25, 0.3) is 0 Å². The Bertz CT molecular complexity index is 1480. The van der Waals surface area contributed by atoms with E-state index in [0.29, 0.717) is 28.6 Å². The Labute approximate surface area is 206 Å². The molecule has 1 aromatic heterocycles. The molecule has 1 unspecified atom stereocenters. The summed E-state index contributed by atoms with van der Waals surface area (Å²) in [6.45, 7) is 1.78. The van der Waals surface area contributed by atoms with Crippen molar-refractivity contribution in [3.05, 3.63) is 84.2 Å². The van der Waals surface area contributed by atoms with Crippen LogP contribution in [0.3, 0.4) is 0 Å². The molecule has 0 aliphatic heterocycles. The van der Waals surface area contributed by atoms with Crippen molar-refractivity contribution in [3.63, 3.8) is 0 Å². The highest BCUT2D eigenvalue weighted by Gasteiger charge is 2.30. The Kier molecular flexibility index (Phi) is 6.87. The number of ether oxygens (including phenoxy) is 2. The van der Waals surface area contributed by atoms with Crippen LogP contribution in [-0.2, 0) is 20.8 Å². The Morgan fingerprint density at radius 2 is 1.64 bits per heavy atom. The molecule has 1 heterocycles. The van der Waals surface area contributed by atoms with Gasteiger partial charge in [-0.05, 0) is 67.6 Å². The zero-order valence-electron chi connectivity index (χ0n) is 19.5. The molecule has 1 atom stereocenters. The molecule has 0 amide bonds. The van der Waals surface area contributed by atoms with Crippen molar-refractivity contribution < 1.29 is 31.1 Å². The summed E-state index contributed by atoms with van der Waals surface area (Å²) in [6.07, 6.45) is -3.78. The van der Waals surface area contributed by atoms with E-state index in [-0.39, 0.29) is 10.6 Å². The highest BCUT2D eigenvalue weighted by Crippen LogP contribution is 2.33. The lowest BCUT2D eigenvalue weighted by atomic mass is 10.2. The average molecular weight is 518 g/mol. The third kappa shape index (κ3) is 5.58. The van der Waals surface area contributed by atoms with E-state index in [1.54, 1.807) is 43.3 Å². The van der Waals surface area contributed by atoms with Crippen LogP contribution in [0.15, 0.2) is 77.7 Å². The minimum Gasteiger partial charge on any atom is -0.457 e. The second-order valence-electron chi connectivity index (χ2n) is 8.00. The molecule has 0 fully saturated rings. The second-order valence-corrected chi connectivity index (χ2v) is 10.0. The van der Waals surface area contributed by atoms with E-state index in [9.17, 15) is 21.6 Å². The molecule has 0 bridgehead atoms. The van der Waals surface area contributed by atoms with Gasteiger partial charge in [0, 0.05) is 18.9 Å². The van der Waals surface area contributed by atoms with Gasteiger partial charge in [-0.1, -0.05) is 12.1 Å². The van der Waals surface area contributed by atoms with Gasteiger partial charge < -0.3 is 9.47 Å². The molecule has 7 nitrogen and oxygen atoms in total. The summed E-state index contributed by atoms with van der Waals surface area (Å²) in [5.41, 5.74) is 0.304. The van der Waals surface area contributed by atoms with Gasteiger partial charge in [0.2, 0.25) is 0 Å². The molecule has 0 radical (unpaired) electrons. The van der Waals surface area contributed by atoms with Crippen LogP contribution in [0.2, 0.25) is 0 Å². The number of rotatable bonds is 7. The number of hydrogen-bond acceptors (Lipinski definition) is 6. The van der Waals surface area contributed by atoms with E-state index in [0.717, 1.165) is 18.4 Å². The van der Waals surface area contributed by atoms with Gasteiger partial charge >= 0.3 is 6.18 Å². The van der Waals surface area contributed by atoms with E-state index < -0.39 is 27.7 Å². The summed E-state index contributed by atoms with van der Waals surface area (Å²) in [7, 11) is -1.92. The number of alkyl halides is 3. The van der Waals surface area contributed by atoms with Gasteiger partial charge in [-0.15, -0.1) is 5.10 Å². The van der Waals surface area contributed by atoms with E-state index in [4.69, 9.17) is 9.47 Å². The third-order valence-corrected chi connectivity index (χ3v) is 6.45. The van der Waals surface area contributed by atoms with E-state index >= 15 is 0 Å². The third-order valence-electron chi connectivity index (χ3n) is 5.34. The zero-order chi connectivity index (χ0) is 26.1. The number of halogens is 3. The van der Waals surface area contributed by atoms with Crippen LogP contribution in [0, 0.1) is 0 Å². The normalized spacial score (nSPS) is 12.9. The minimum absolute atomic E-state index is 0.0505. The molecular formula is C25H22F3N3O4S. The van der Waals surface area contributed by atoms with Crippen LogP contribution in [0.4, 0.5) is 13.2 Å². The summed E-state index contributed by atoms with van der Waals surface area (Å²) in [4.78, 5) is 4.72. The minimum atomic E-state index is -4.47. The molecule has 0 aliphatic carbocycles. The first-order valence-corrected chi connectivity index (χ1v) is 12.6. The molecule has 0 N–H and O–H groups in total. The lowest BCUT2D eigenvalue weighted by Gasteiger charge is -2.11. The summed E-state index contributed by atoms with van der Waals surface area (Å²) < 4.78 is 75.5. The number of nitrogens with zero attached hydrogens (tertiary/aromatic N) is 3. The Hall–Kier alpha value is -3.70. The summed E-state index contributed by atoms with van der Waals surface area (Å²) >= 11 is 0. The topological polar surface area (TPSA) is 83.3 Å². The quantitative estimate of drug-likeness (QED) is 0.306. The molecule has 11 heteroatoms. The Balaban J connectivity index is 1.70. The van der Waals surface area contributed by atoms with Crippen LogP contribution < -0.4 is 4.74 Å². The van der Waals surface area contributed by atoms with E-state index in [1.165, 1.54) is 36.1 Å². The lowest BCUT2D eigenvalue weighted by molar-refractivity contribution is -0.137. The monoisotopic (exact) mass is 517 g/mol. The maximum absolute atomic E-state index is 13.0. The molecule has 0 saturated heterocycles. The van der Waals surface area contributed by atoms with E-state index in [1.807, 2.05) is 0 Å². The molecule has 0 spiro atoms. The molecule has 3 aromatic carbocycles. The van der Waals surface area contributed by atoms with Crippen molar-refractivity contribution >= 4 is 9.84 Å². The van der Waals surface area contributed by atoms with Gasteiger partial charge in [-0.25, -0.2) is 18.1 Å². The van der Waals surface area contributed by atoms with Crippen molar-refractivity contribution in [2.75, 3.05) is 13.4 Å². The maximum Gasteiger partial charge on any atom is 0.416 e. The number of aromatic nitrogens is 3. The predicted molar refractivity (Wildman–Crippen MR) is 127 cm³/mol. The first-order valence-electron chi connectivity index (χ1n) is 10.7. The summed E-state index contributed by atoms with van der Waals surface area (Å²) in [6, 6.07) is 17.5. The van der Waals surface area contributed by atoms with Crippen LogP contribution in [0.25, 0.3) is 17.1 Å². The molecule has 36 heavy (non-hydrogen) atoms. The molecule has 0 aliphatic rings. The number of hydrogen-bond donors (Lipinski definition) is 0. The fourth-order valence-corrected chi connectivity index (χ4v) is 4.02. The lowest BCUT2D eigenvalue weighted by Crippen LogP contribution is -2.04. The average Bonchev–Trinajstić information content (AvgIpc) is 3.29. The van der Waals surface area contributed by atoms with Crippen LogP contribution in [-0.4, -0.2) is 36.5 Å². The number of benzene rings is 3. The molecule has 4 aromatic rings. The van der Waals surface area contributed by atoms with Gasteiger partial charge in [0.1, 0.15) is 17.6 Å². The first kappa shape index (κ1) is 25.4. The van der Waals surface area contributed by atoms with Crippen LogP contribution >= 0.6 is 0 Å². The fourth-order valence-electron chi connectivity index (χ4n) is 3.36. The first-order chi connectivity index (χ1) is 17.0. The summed E-state index contributed by atoms with van der Waals surface area (Å²) in [5, 5.41) is 4.52. The second kappa shape index (κ2) is 9.75. The van der Waals surface area contributed by atoms with Crippen LogP contribution in [0.5, 0.6) is 11.5 Å². The number of methoxy groups -OCH3 is 1. The highest BCUT2D eigenvalue weighted by molar-refractivity contribution is 7.90. The van der Waals surface area contributed by atoms with Gasteiger partial charge in [-0.2, -0.15) is 13.2 Å².